The predicted octanol–water partition coefficient (Wildman–Crippen LogP) is 4.23. The minimum Gasteiger partial charge on any atom is -0.477 e. The van der Waals surface area contributed by atoms with E-state index < -0.39 is 37.8 Å². The number of nitrogens with two attached hydrogens (primary N) is 1. The number of esters is 1. The van der Waals surface area contributed by atoms with E-state index in [9.17, 15) is 23.1 Å². The van der Waals surface area contributed by atoms with Crippen molar-refractivity contribution in [1.29, 1.82) is 0 Å². The number of anilines is 1. The quantitative estimate of drug-likeness (QED) is 0.173. The molecule has 2 atom stereocenters. The number of hydrogen-bond donors (Lipinski definition) is 3. The second kappa shape index (κ2) is 11.6. The van der Waals surface area contributed by atoms with Gasteiger partial charge in [0.25, 0.3) is 5.72 Å². The van der Waals surface area contributed by atoms with Gasteiger partial charge < -0.3 is 20.9 Å². The maximum atomic E-state index is 14.1. The maximum absolute atomic E-state index is 14.1. The standard InChI is InChI=1S/C29H31N5O6S2/c1-27(2,3)26(37)40-28(4,25(35)36)34-22-9-7-8-21(33-22)29(30,42(38,39)23-10-5-6-15-31-23)18-19-11-13-20(14-12-19)24-32-16-17-41-24/h5-17H,18,30H2,1-4H3,(H,33,34)(H,35,36). The summed E-state index contributed by atoms with van der Waals surface area (Å²) in [5.41, 5.74) is 5.00. The number of rotatable bonds is 10. The van der Waals surface area contributed by atoms with Crippen molar-refractivity contribution < 1.29 is 27.9 Å². The second-order valence-corrected chi connectivity index (χ2v) is 13.8. The number of aliphatic carboxylic acids is 1. The molecule has 1 aromatic carbocycles. The molecule has 220 valence electrons. The van der Waals surface area contributed by atoms with Crippen LogP contribution in [0.5, 0.6) is 0 Å². The molecule has 11 nitrogen and oxygen atoms in total. The molecule has 4 N–H and O–H groups in total. The van der Waals surface area contributed by atoms with Crippen molar-refractivity contribution in [3.63, 3.8) is 0 Å². The second-order valence-electron chi connectivity index (χ2n) is 10.8. The SMILES string of the molecule is CC(C)(C)C(=O)OC(C)(Nc1cccc(C(N)(Cc2ccc(-c3nccs3)cc2)S(=O)(=O)c2ccccn2)n1)C(=O)O. The monoisotopic (exact) mass is 609 g/mol. The van der Waals surface area contributed by atoms with Gasteiger partial charge in [0.05, 0.1) is 11.1 Å². The molecular weight excluding hydrogens is 578 g/mol. The number of carboxylic acid groups (broad SMARTS) is 1. The lowest BCUT2D eigenvalue weighted by atomic mass is 9.97. The molecule has 0 aliphatic rings. The highest BCUT2D eigenvalue weighted by Gasteiger charge is 2.46. The fourth-order valence-electron chi connectivity index (χ4n) is 3.90. The number of thiazole rings is 1. The van der Waals surface area contributed by atoms with Crippen LogP contribution in [0.1, 0.15) is 39.0 Å². The third kappa shape index (κ3) is 6.32. The average molecular weight is 610 g/mol. The summed E-state index contributed by atoms with van der Waals surface area (Å²) < 4.78 is 33.4. The Bertz CT molecular complexity index is 1670. The molecule has 4 rings (SSSR count). The molecule has 0 saturated carbocycles. The van der Waals surface area contributed by atoms with E-state index in [0.29, 0.717) is 5.56 Å². The molecule has 0 bridgehead atoms. The summed E-state index contributed by atoms with van der Waals surface area (Å²) in [5, 5.41) is 15.0. The number of benzene rings is 1. The van der Waals surface area contributed by atoms with Crippen molar-refractivity contribution in [3.8, 4) is 10.6 Å². The topological polar surface area (TPSA) is 174 Å². The molecule has 0 aliphatic carbocycles. The Kier molecular flexibility index (Phi) is 8.48. The first-order valence-electron chi connectivity index (χ1n) is 12.8. The lowest BCUT2D eigenvalue weighted by molar-refractivity contribution is -0.179. The molecule has 0 saturated heterocycles. The van der Waals surface area contributed by atoms with Gasteiger partial charge in [-0.05, 0) is 50.6 Å². The molecule has 0 spiro atoms. The van der Waals surface area contributed by atoms with Crippen LogP contribution in [0.3, 0.4) is 0 Å². The van der Waals surface area contributed by atoms with Gasteiger partial charge in [-0.2, -0.15) is 0 Å². The smallest absolute Gasteiger partial charge is 0.369 e. The van der Waals surface area contributed by atoms with Crippen molar-refractivity contribution in [1.82, 2.24) is 15.0 Å². The molecule has 0 radical (unpaired) electrons. The van der Waals surface area contributed by atoms with Crippen LogP contribution in [-0.4, -0.2) is 46.1 Å². The van der Waals surface area contributed by atoms with Crippen LogP contribution in [0, 0.1) is 5.41 Å². The van der Waals surface area contributed by atoms with E-state index in [1.807, 2.05) is 17.5 Å². The summed E-state index contributed by atoms with van der Waals surface area (Å²) >= 11 is 1.48. The molecular formula is C29H31N5O6S2. The summed E-state index contributed by atoms with van der Waals surface area (Å²) in [5.74, 6) is -2.31. The lowest BCUT2D eigenvalue weighted by Crippen LogP contribution is -2.50. The number of carboxylic acids is 1. The van der Waals surface area contributed by atoms with Gasteiger partial charge in [0, 0.05) is 36.7 Å². The number of carbonyl (C=O) groups excluding carboxylic acids is 1. The third-order valence-corrected chi connectivity index (χ3v) is 9.29. The van der Waals surface area contributed by atoms with Gasteiger partial charge in [0.2, 0.25) is 9.84 Å². The maximum Gasteiger partial charge on any atom is 0.369 e. The summed E-state index contributed by atoms with van der Waals surface area (Å²) in [6.45, 7) is 5.93. The summed E-state index contributed by atoms with van der Waals surface area (Å²) in [6, 6.07) is 16.0. The van der Waals surface area contributed by atoms with E-state index in [4.69, 9.17) is 10.5 Å². The van der Waals surface area contributed by atoms with E-state index in [-0.39, 0.29) is 23.0 Å². The minimum absolute atomic E-state index is 0.0655. The highest BCUT2D eigenvalue weighted by Crippen LogP contribution is 2.34. The van der Waals surface area contributed by atoms with Crippen LogP contribution in [0.25, 0.3) is 10.6 Å². The highest BCUT2D eigenvalue weighted by molar-refractivity contribution is 7.92. The Labute approximate surface area is 247 Å². The molecule has 42 heavy (non-hydrogen) atoms. The Morgan fingerprint density at radius 3 is 2.26 bits per heavy atom. The van der Waals surface area contributed by atoms with Crippen LogP contribution in [0.2, 0.25) is 0 Å². The predicted molar refractivity (Wildman–Crippen MR) is 158 cm³/mol. The Morgan fingerprint density at radius 1 is 0.976 bits per heavy atom. The van der Waals surface area contributed by atoms with Gasteiger partial charge >= 0.3 is 11.9 Å². The fourth-order valence-corrected chi connectivity index (χ4v) is 6.12. The van der Waals surface area contributed by atoms with Gasteiger partial charge in [0.15, 0.2) is 9.90 Å². The number of pyridine rings is 2. The van der Waals surface area contributed by atoms with Crippen LogP contribution in [0.15, 0.2) is 83.5 Å². The molecule has 3 aromatic heterocycles. The van der Waals surface area contributed by atoms with Gasteiger partial charge in [0.1, 0.15) is 10.8 Å². The van der Waals surface area contributed by atoms with Crippen molar-refractivity contribution in [2.75, 3.05) is 5.32 Å². The van der Waals surface area contributed by atoms with Gasteiger partial charge in [-0.3, -0.25) is 4.79 Å². The van der Waals surface area contributed by atoms with Crippen LogP contribution >= 0.6 is 11.3 Å². The number of sulfone groups is 1. The van der Waals surface area contributed by atoms with Crippen LogP contribution in [0.4, 0.5) is 5.82 Å². The molecule has 3 heterocycles. The zero-order valence-corrected chi connectivity index (χ0v) is 25.1. The first-order chi connectivity index (χ1) is 19.7. The molecule has 13 heteroatoms. The summed E-state index contributed by atoms with van der Waals surface area (Å²) in [4.78, 5) is 35.3. The number of aromatic nitrogens is 3. The molecule has 2 unspecified atom stereocenters. The Hall–Kier alpha value is -4.20. The summed E-state index contributed by atoms with van der Waals surface area (Å²) in [7, 11) is -4.36. The van der Waals surface area contributed by atoms with E-state index in [0.717, 1.165) is 17.5 Å². The molecule has 0 aliphatic heterocycles. The molecule has 0 amide bonds. The van der Waals surface area contributed by atoms with Gasteiger partial charge in [-0.15, -0.1) is 11.3 Å². The average Bonchev–Trinajstić information content (AvgIpc) is 3.48. The summed E-state index contributed by atoms with van der Waals surface area (Å²) in [6.07, 6.45) is 2.86. The largest absolute Gasteiger partial charge is 0.477 e. The number of nitrogens with zero attached hydrogens (tertiary/aromatic N) is 3. The minimum atomic E-state index is -4.36. The number of hydrogen-bond acceptors (Lipinski definition) is 11. The van der Waals surface area contributed by atoms with E-state index in [1.54, 1.807) is 45.2 Å². The van der Waals surface area contributed by atoms with Crippen LogP contribution in [-0.2, 0) is 35.5 Å². The van der Waals surface area contributed by atoms with Crippen molar-refractivity contribution >= 4 is 38.9 Å². The molecule has 0 fully saturated rings. The number of nitrogens with one attached hydrogen (secondary N) is 1. The Balaban J connectivity index is 1.76. The zero-order valence-electron chi connectivity index (χ0n) is 23.4. The van der Waals surface area contributed by atoms with Crippen molar-refractivity contribution in [2.45, 2.75) is 49.7 Å². The van der Waals surface area contributed by atoms with Crippen molar-refractivity contribution in [2.24, 2.45) is 11.1 Å². The fraction of sp³-hybridized carbons (Fsp3) is 0.276. The third-order valence-electron chi connectivity index (χ3n) is 6.36. The van der Waals surface area contributed by atoms with Crippen molar-refractivity contribution in [3.05, 3.63) is 89.7 Å². The van der Waals surface area contributed by atoms with Crippen LogP contribution < -0.4 is 11.1 Å². The normalized spacial score (nSPS) is 14.8. The first kappa shape index (κ1) is 30.8. The van der Waals surface area contributed by atoms with E-state index >= 15 is 0 Å². The Morgan fingerprint density at radius 2 is 1.69 bits per heavy atom. The lowest BCUT2D eigenvalue weighted by Gasteiger charge is -2.31. The zero-order chi connectivity index (χ0) is 30.8. The van der Waals surface area contributed by atoms with Gasteiger partial charge in [-0.25, -0.2) is 28.2 Å². The van der Waals surface area contributed by atoms with E-state index in [1.165, 1.54) is 47.9 Å². The molecule has 4 aromatic rings. The van der Waals surface area contributed by atoms with Gasteiger partial charge in [-0.1, -0.05) is 36.4 Å². The number of carbonyl (C=O) groups is 2. The first-order valence-corrected chi connectivity index (χ1v) is 15.2. The number of ether oxygens (including phenoxy) is 1. The highest BCUT2D eigenvalue weighted by atomic mass is 32.2. The van der Waals surface area contributed by atoms with E-state index in [2.05, 4.69) is 20.3 Å².